The molecule has 0 spiro atoms. The zero-order chi connectivity index (χ0) is 17.8. The molecule has 1 aromatic carbocycles. The number of aromatic nitrogens is 2. The van der Waals surface area contributed by atoms with Gasteiger partial charge in [0, 0.05) is 36.5 Å². The van der Waals surface area contributed by atoms with Gasteiger partial charge in [0.2, 0.25) is 0 Å². The largest absolute Gasteiger partial charge is 0.481 e. The van der Waals surface area contributed by atoms with Gasteiger partial charge in [-0.1, -0.05) is 0 Å². The zero-order valence-corrected chi connectivity index (χ0v) is 14.4. The molecule has 3 rings (SSSR count). The van der Waals surface area contributed by atoms with Crippen LogP contribution in [0.1, 0.15) is 48.2 Å². The number of carbonyl (C=O) groups is 2. The molecule has 25 heavy (non-hydrogen) atoms. The second-order valence-electron chi connectivity index (χ2n) is 6.51. The van der Waals surface area contributed by atoms with Crippen LogP contribution in [0, 0.1) is 6.92 Å². The molecule has 0 bridgehead atoms. The van der Waals surface area contributed by atoms with Crippen molar-refractivity contribution in [3.05, 3.63) is 47.8 Å². The van der Waals surface area contributed by atoms with Crippen LogP contribution in [0.5, 0.6) is 0 Å². The highest BCUT2D eigenvalue weighted by Crippen LogP contribution is 2.23. The summed E-state index contributed by atoms with van der Waals surface area (Å²) in [5.74, 6) is -0.823. The summed E-state index contributed by atoms with van der Waals surface area (Å²) in [6, 6.07) is 9.38. The van der Waals surface area contributed by atoms with Crippen LogP contribution in [0.4, 0.5) is 0 Å². The second-order valence-corrected chi connectivity index (χ2v) is 6.51. The van der Waals surface area contributed by atoms with Crippen molar-refractivity contribution in [3.8, 4) is 5.69 Å². The molecule has 6 heteroatoms. The van der Waals surface area contributed by atoms with Gasteiger partial charge in [0.15, 0.2) is 0 Å². The topological polar surface area (TPSA) is 75.4 Å². The van der Waals surface area contributed by atoms with Gasteiger partial charge in [0.1, 0.15) is 0 Å². The van der Waals surface area contributed by atoms with Gasteiger partial charge >= 0.3 is 5.97 Å². The van der Waals surface area contributed by atoms with Crippen LogP contribution in [-0.4, -0.2) is 44.3 Å². The van der Waals surface area contributed by atoms with E-state index in [-0.39, 0.29) is 18.4 Å². The minimum atomic E-state index is -0.808. The molecule has 1 unspecified atom stereocenters. The van der Waals surface area contributed by atoms with E-state index in [1.807, 2.05) is 46.8 Å². The summed E-state index contributed by atoms with van der Waals surface area (Å²) in [5, 5.41) is 13.2. The van der Waals surface area contributed by atoms with Gasteiger partial charge in [0.25, 0.3) is 5.91 Å². The number of aliphatic carboxylic acids is 1. The number of benzene rings is 1. The minimum Gasteiger partial charge on any atom is -0.481 e. The molecule has 132 valence electrons. The highest BCUT2D eigenvalue weighted by atomic mass is 16.4. The van der Waals surface area contributed by atoms with E-state index < -0.39 is 5.97 Å². The van der Waals surface area contributed by atoms with Crippen molar-refractivity contribution in [2.24, 2.45) is 0 Å². The van der Waals surface area contributed by atoms with E-state index in [1.165, 1.54) is 0 Å². The number of carbonyl (C=O) groups excluding carboxylic acids is 1. The first-order chi connectivity index (χ1) is 12.1. The summed E-state index contributed by atoms with van der Waals surface area (Å²) in [4.78, 5) is 25.6. The van der Waals surface area contributed by atoms with E-state index in [0.717, 1.165) is 30.6 Å². The predicted octanol–water partition coefficient (Wildman–Crippen LogP) is 3.04. The first kappa shape index (κ1) is 17.2. The summed E-state index contributed by atoms with van der Waals surface area (Å²) in [6.07, 6.45) is 5.27. The van der Waals surface area contributed by atoms with Crippen LogP contribution in [0.25, 0.3) is 5.69 Å². The Balaban J connectivity index is 1.74. The molecule has 1 aliphatic rings. The van der Waals surface area contributed by atoms with Gasteiger partial charge < -0.3 is 10.0 Å². The Morgan fingerprint density at radius 3 is 2.60 bits per heavy atom. The normalized spacial score (nSPS) is 17.5. The molecular weight excluding hydrogens is 318 g/mol. The van der Waals surface area contributed by atoms with E-state index in [2.05, 4.69) is 5.10 Å². The number of hydrogen-bond donors (Lipinski definition) is 1. The number of piperidine rings is 1. The number of nitrogens with zero attached hydrogens (tertiary/aromatic N) is 3. The lowest BCUT2D eigenvalue weighted by Crippen LogP contribution is -2.44. The molecule has 2 aromatic rings. The maximum Gasteiger partial charge on any atom is 0.303 e. The van der Waals surface area contributed by atoms with Gasteiger partial charge in [-0.3, -0.25) is 9.59 Å². The quantitative estimate of drug-likeness (QED) is 0.907. The number of aryl methyl sites for hydroxylation is 1. The number of carboxylic acid groups (broad SMARTS) is 1. The number of hydrogen-bond acceptors (Lipinski definition) is 3. The Hall–Kier alpha value is -2.63. The van der Waals surface area contributed by atoms with Gasteiger partial charge in [-0.05, 0) is 62.9 Å². The minimum absolute atomic E-state index is 0.0150. The van der Waals surface area contributed by atoms with Gasteiger partial charge in [-0.2, -0.15) is 5.10 Å². The highest BCUT2D eigenvalue weighted by Gasteiger charge is 2.27. The molecule has 1 amide bonds. The van der Waals surface area contributed by atoms with Gasteiger partial charge in [-0.15, -0.1) is 0 Å². The standard InChI is InChI=1S/C19H23N3O3/c1-14-11-12-20-22(14)17-7-5-15(6-8-17)19(25)21-13-3-2-4-16(21)9-10-18(23)24/h5-8,11-12,16H,2-4,9-10,13H2,1H3,(H,23,24). The summed E-state index contributed by atoms with van der Waals surface area (Å²) in [5.41, 5.74) is 2.58. The number of rotatable bonds is 5. The Labute approximate surface area is 147 Å². The third kappa shape index (κ3) is 3.90. The van der Waals surface area contributed by atoms with Crippen LogP contribution in [0.3, 0.4) is 0 Å². The van der Waals surface area contributed by atoms with Crippen LogP contribution in [-0.2, 0) is 4.79 Å². The summed E-state index contributed by atoms with van der Waals surface area (Å²) < 4.78 is 1.82. The molecule has 0 aliphatic carbocycles. The van der Waals surface area contributed by atoms with E-state index in [0.29, 0.717) is 18.5 Å². The monoisotopic (exact) mass is 341 g/mol. The zero-order valence-electron chi connectivity index (χ0n) is 14.4. The van der Waals surface area contributed by atoms with Crippen LogP contribution < -0.4 is 0 Å². The van der Waals surface area contributed by atoms with E-state index in [1.54, 1.807) is 6.20 Å². The summed E-state index contributed by atoms with van der Waals surface area (Å²) >= 11 is 0. The lowest BCUT2D eigenvalue weighted by molar-refractivity contribution is -0.137. The van der Waals surface area contributed by atoms with Crippen molar-refractivity contribution < 1.29 is 14.7 Å². The SMILES string of the molecule is Cc1ccnn1-c1ccc(C(=O)N2CCCCC2CCC(=O)O)cc1. The Bertz CT molecular complexity index is 752. The molecule has 1 aromatic heterocycles. The van der Waals surface area contributed by atoms with Crippen molar-refractivity contribution in [3.63, 3.8) is 0 Å². The average molecular weight is 341 g/mol. The highest BCUT2D eigenvalue weighted by molar-refractivity contribution is 5.94. The Morgan fingerprint density at radius 1 is 1.20 bits per heavy atom. The second kappa shape index (κ2) is 7.51. The fourth-order valence-electron chi connectivity index (χ4n) is 3.41. The molecule has 1 atom stereocenters. The van der Waals surface area contributed by atoms with Crippen LogP contribution in [0.15, 0.2) is 36.5 Å². The Morgan fingerprint density at radius 2 is 1.96 bits per heavy atom. The van der Waals surface area contributed by atoms with Gasteiger partial charge in [0.05, 0.1) is 5.69 Å². The van der Waals surface area contributed by atoms with Crippen LogP contribution in [0.2, 0.25) is 0 Å². The van der Waals surface area contributed by atoms with Crippen molar-refractivity contribution in [2.45, 2.75) is 45.1 Å². The molecule has 0 radical (unpaired) electrons. The molecule has 6 nitrogen and oxygen atoms in total. The fourth-order valence-corrected chi connectivity index (χ4v) is 3.41. The number of likely N-dealkylation sites (tertiary alicyclic amines) is 1. The average Bonchev–Trinajstić information content (AvgIpc) is 3.06. The smallest absolute Gasteiger partial charge is 0.303 e. The summed E-state index contributed by atoms with van der Waals surface area (Å²) in [6.45, 7) is 2.68. The third-order valence-electron chi connectivity index (χ3n) is 4.77. The molecule has 0 saturated carbocycles. The molecule has 1 N–H and O–H groups in total. The predicted molar refractivity (Wildman–Crippen MR) is 93.8 cm³/mol. The molecule has 2 heterocycles. The van der Waals surface area contributed by atoms with E-state index in [9.17, 15) is 9.59 Å². The first-order valence-electron chi connectivity index (χ1n) is 8.70. The van der Waals surface area contributed by atoms with E-state index >= 15 is 0 Å². The first-order valence-corrected chi connectivity index (χ1v) is 8.70. The fraction of sp³-hybridized carbons (Fsp3) is 0.421. The molecule has 1 fully saturated rings. The lowest BCUT2D eigenvalue weighted by Gasteiger charge is -2.35. The molecule has 1 aliphatic heterocycles. The lowest BCUT2D eigenvalue weighted by atomic mass is 9.97. The molecule has 1 saturated heterocycles. The van der Waals surface area contributed by atoms with E-state index in [4.69, 9.17) is 5.11 Å². The molecular formula is C19H23N3O3. The third-order valence-corrected chi connectivity index (χ3v) is 4.77. The maximum atomic E-state index is 12.9. The van der Waals surface area contributed by atoms with Crippen molar-refractivity contribution in [1.82, 2.24) is 14.7 Å². The summed E-state index contributed by atoms with van der Waals surface area (Å²) in [7, 11) is 0. The number of amides is 1. The van der Waals surface area contributed by atoms with Crippen molar-refractivity contribution in [1.29, 1.82) is 0 Å². The van der Waals surface area contributed by atoms with Crippen molar-refractivity contribution in [2.75, 3.05) is 6.54 Å². The Kier molecular flexibility index (Phi) is 5.16. The van der Waals surface area contributed by atoms with Gasteiger partial charge in [-0.25, -0.2) is 4.68 Å². The maximum absolute atomic E-state index is 12.9. The van der Waals surface area contributed by atoms with Crippen molar-refractivity contribution >= 4 is 11.9 Å². The number of carboxylic acids is 1. The van der Waals surface area contributed by atoms with Crippen LogP contribution >= 0.6 is 0 Å².